The van der Waals surface area contributed by atoms with Crippen molar-refractivity contribution in [3.8, 4) is 0 Å². The van der Waals surface area contributed by atoms with Gasteiger partial charge >= 0.3 is 0 Å². The minimum atomic E-state index is -0.947. The maximum absolute atomic E-state index is 13.5. The van der Waals surface area contributed by atoms with E-state index in [2.05, 4.69) is 20.5 Å². The molecule has 150 valence electrons. The third-order valence-electron chi connectivity index (χ3n) is 4.10. The normalized spacial score (nSPS) is 14.6. The topological polar surface area (TPSA) is 83.6 Å². The van der Waals surface area contributed by atoms with Crippen molar-refractivity contribution in [3.05, 3.63) is 46.5 Å². The van der Waals surface area contributed by atoms with Crippen LogP contribution in [0, 0.1) is 11.6 Å². The summed E-state index contributed by atoms with van der Waals surface area (Å²) < 4.78 is 31.7. The summed E-state index contributed by atoms with van der Waals surface area (Å²) in [4.78, 5) is 30.5. The molecule has 2 amide bonds. The third-order valence-corrected chi connectivity index (χ3v) is 4.91. The van der Waals surface area contributed by atoms with Crippen LogP contribution >= 0.6 is 11.3 Å². The Morgan fingerprint density at radius 2 is 2.04 bits per heavy atom. The van der Waals surface area contributed by atoms with Crippen molar-refractivity contribution in [2.75, 3.05) is 38.2 Å². The fourth-order valence-corrected chi connectivity index (χ4v) is 3.38. The van der Waals surface area contributed by atoms with Gasteiger partial charge in [0.2, 0.25) is 5.91 Å². The van der Waals surface area contributed by atoms with E-state index in [1.807, 2.05) is 5.38 Å². The van der Waals surface area contributed by atoms with Gasteiger partial charge in [-0.3, -0.25) is 14.5 Å². The fourth-order valence-electron chi connectivity index (χ4n) is 2.67. The van der Waals surface area contributed by atoms with Gasteiger partial charge in [0, 0.05) is 44.0 Å². The number of anilines is 1. The Bertz CT molecular complexity index is 840. The quantitative estimate of drug-likeness (QED) is 0.730. The second kappa shape index (κ2) is 9.67. The standard InChI is InChI=1S/C18H20F2N4O3S/c19-12-1-2-14(15(20)9-12)17(26)21-4-3-16(25)23-18-22-13(11-28-18)10-24-5-7-27-8-6-24/h1-2,9,11H,3-8,10H2,(H,21,26)(H,22,23,25). The molecule has 1 aromatic heterocycles. The monoisotopic (exact) mass is 410 g/mol. The van der Waals surface area contributed by atoms with Crippen molar-refractivity contribution in [2.45, 2.75) is 13.0 Å². The molecule has 0 atom stereocenters. The van der Waals surface area contributed by atoms with Crippen LogP contribution in [-0.2, 0) is 16.1 Å². The molecule has 1 fully saturated rings. The molecule has 1 aromatic carbocycles. The van der Waals surface area contributed by atoms with Crippen molar-refractivity contribution in [1.82, 2.24) is 15.2 Å². The van der Waals surface area contributed by atoms with E-state index in [1.54, 1.807) is 0 Å². The third kappa shape index (κ3) is 5.78. The number of ether oxygens (including phenoxy) is 1. The SMILES string of the molecule is O=C(CCNC(=O)c1ccc(F)cc1F)Nc1nc(CN2CCOCC2)cs1. The summed E-state index contributed by atoms with van der Waals surface area (Å²) in [6.07, 6.45) is 0.00688. The van der Waals surface area contributed by atoms with Gasteiger partial charge in [0.05, 0.1) is 24.5 Å². The van der Waals surface area contributed by atoms with Crippen LogP contribution in [0.25, 0.3) is 0 Å². The van der Waals surface area contributed by atoms with Gasteiger partial charge in [-0.05, 0) is 12.1 Å². The molecule has 1 aliphatic heterocycles. The van der Waals surface area contributed by atoms with Gasteiger partial charge in [-0.25, -0.2) is 13.8 Å². The number of halogens is 2. The Morgan fingerprint density at radius 1 is 1.25 bits per heavy atom. The van der Waals surface area contributed by atoms with Gasteiger partial charge in [-0.15, -0.1) is 11.3 Å². The molecule has 1 saturated heterocycles. The van der Waals surface area contributed by atoms with E-state index in [1.165, 1.54) is 11.3 Å². The molecule has 28 heavy (non-hydrogen) atoms. The lowest BCUT2D eigenvalue weighted by Gasteiger charge is -2.25. The molecule has 2 heterocycles. The molecule has 1 aliphatic rings. The van der Waals surface area contributed by atoms with Crippen molar-refractivity contribution in [3.63, 3.8) is 0 Å². The molecular weight excluding hydrogens is 390 g/mol. The van der Waals surface area contributed by atoms with Gasteiger partial charge in [0.25, 0.3) is 5.91 Å². The van der Waals surface area contributed by atoms with E-state index in [0.29, 0.717) is 31.0 Å². The predicted molar refractivity (Wildman–Crippen MR) is 100 cm³/mol. The number of hydrogen-bond acceptors (Lipinski definition) is 6. The zero-order chi connectivity index (χ0) is 19.9. The van der Waals surface area contributed by atoms with Crippen LogP contribution in [0.2, 0.25) is 0 Å². The summed E-state index contributed by atoms with van der Waals surface area (Å²) in [7, 11) is 0. The number of hydrogen-bond donors (Lipinski definition) is 2. The van der Waals surface area contributed by atoms with Crippen molar-refractivity contribution >= 4 is 28.3 Å². The number of benzene rings is 1. The zero-order valence-electron chi connectivity index (χ0n) is 15.0. The van der Waals surface area contributed by atoms with Crippen molar-refractivity contribution < 1.29 is 23.1 Å². The zero-order valence-corrected chi connectivity index (χ0v) is 15.9. The van der Waals surface area contributed by atoms with Gasteiger partial charge < -0.3 is 15.4 Å². The number of carbonyl (C=O) groups is 2. The molecule has 0 spiro atoms. The highest BCUT2D eigenvalue weighted by molar-refractivity contribution is 7.13. The number of aromatic nitrogens is 1. The van der Waals surface area contributed by atoms with Gasteiger partial charge in [-0.2, -0.15) is 0 Å². The second-order valence-corrected chi connectivity index (χ2v) is 7.07. The van der Waals surface area contributed by atoms with E-state index in [0.717, 1.165) is 30.9 Å². The molecule has 2 N–H and O–H groups in total. The van der Waals surface area contributed by atoms with Crippen LogP contribution in [0.15, 0.2) is 23.6 Å². The van der Waals surface area contributed by atoms with Crippen molar-refractivity contribution in [2.24, 2.45) is 0 Å². The molecule has 0 radical (unpaired) electrons. The van der Waals surface area contributed by atoms with Gasteiger partial charge in [0.1, 0.15) is 11.6 Å². The predicted octanol–water partition coefficient (Wildman–Crippen LogP) is 2.01. The van der Waals surface area contributed by atoms with E-state index >= 15 is 0 Å². The average molecular weight is 410 g/mol. The average Bonchev–Trinajstić information content (AvgIpc) is 3.09. The second-order valence-electron chi connectivity index (χ2n) is 6.21. The first-order chi connectivity index (χ1) is 13.5. The number of nitrogens with one attached hydrogen (secondary N) is 2. The minimum Gasteiger partial charge on any atom is -0.379 e. The minimum absolute atomic E-state index is 0.00688. The van der Waals surface area contributed by atoms with Crippen LogP contribution < -0.4 is 10.6 Å². The summed E-state index contributed by atoms with van der Waals surface area (Å²) in [6.45, 7) is 3.85. The number of nitrogens with zero attached hydrogens (tertiary/aromatic N) is 2. The molecule has 0 saturated carbocycles. The van der Waals surface area contributed by atoms with E-state index in [9.17, 15) is 18.4 Å². The van der Waals surface area contributed by atoms with Gasteiger partial charge in [-0.1, -0.05) is 0 Å². The molecule has 0 unspecified atom stereocenters. The maximum Gasteiger partial charge on any atom is 0.254 e. The van der Waals surface area contributed by atoms with Crippen LogP contribution in [0.3, 0.4) is 0 Å². The summed E-state index contributed by atoms with van der Waals surface area (Å²) >= 11 is 1.33. The molecule has 7 nitrogen and oxygen atoms in total. The number of morpholine rings is 1. The molecule has 0 aliphatic carbocycles. The number of thiazole rings is 1. The summed E-state index contributed by atoms with van der Waals surface area (Å²) in [6, 6.07) is 2.70. The van der Waals surface area contributed by atoms with E-state index < -0.39 is 17.5 Å². The summed E-state index contributed by atoms with van der Waals surface area (Å²) in [5, 5.41) is 7.50. The number of rotatable bonds is 7. The lowest BCUT2D eigenvalue weighted by molar-refractivity contribution is -0.116. The smallest absolute Gasteiger partial charge is 0.254 e. The van der Waals surface area contributed by atoms with E-state index in [4.69, 9.17) is 4.74 Å². The van der Waals surface area contributed by atoms with E-state index in [-0.39, 0.29) is 24.4 Å². The highest BCUT2D eigenvalue weighted by Gasteiger charge is 2.15. The molecular formula is C18H20F2N4O3S. The lowest BCUT2D eigenvalue weighted by atomic mass is 10.2. The van der Waals surface area contributed by atoms with Crippen molar-refractivity contribution in [1.29, 1.82) is 0 Å². The first kappa shape index (κ1) is 20.3. The Labute approximate surface area is 164 Å². The Balaban J connectivity index is 1.41. The first-order valence-corrected chi connectivity index (χ1v) is 9.67. The molecule has 10 heteroatoms. The fraction of sp³-hybridized carbons (Fsp3) is 0.389. The largest absolute Gasteiger partial charge is 0.379 e. The lowest BCUT2D eigenvalue weighted by Crippen LogP contribution is -2.35. The molecule has 3 rings (SSSR count). The number of amides is 2. The maximum atomic E-state index is 13.5. The highest BCUT2D eigenvalue weighted by atomic mass is 32.1. The molecule has 0 bridgehead atoms. The summed E-state index contributed by atoms with van der Waals surface area (Å²) in [5.41, 5.74) is 0.608. The van der Waals surface area contributed by atoms with Crippen LogP contribution in [-0.4, -0.2) is 54.5 Å². The number of carbonyl (C=O) groups excluding carboxylic acids is 2. The van der Waals surface area contributed by atoms with Crippen LogP contribution in [0.1, 0.15) is 22.5 Å². The first-order valence-electron chi connectivity index (χ1n) is 8.79. The Kier molecular flexibility index (Phi) is 7.01. The van der Waals surface area contributed by atoms with Gasteiger partial charge in [0.15, 0.2) is 5.13 Å². The Morgan fingerprint density at radius 3 is 2.79 bits per heavy atom. The highest BCUT2D eigenvalue weighted by Crippen LogP contribution is 2.17. The van der Waals surface area contributed by atoms with Crippen LogP contribution in [0.4, 0.5) is 13.9 Å². The van der Waals surface area contributed by atoms with Crippen LogP contribution in [0.5, 0.6) is 0 Å². The molecule has 2 aromatic rings. The summed E-state index contributed by atoms with van der Waals surface area (Å²) in [5.74, 6) is -2.72. The Hall–Kier alpha value is -2.43.